The molecule has 314 valence electrons. The summed E-state index contributed by atoms with van der Waals surface area (Å²) in [6.07, 6.45) is 40.8. The molecule has 0 bridgehead atoms. The molecule has 54 heavy (non-hydrogen) atoms. The molecule has 0 aliphatic heterocycles. The van der Waals surface area contributed by atoms with E-state index in [0.29, 0.717) is 12.8 Å². The zero-order valence-electron chi connectivity index (χ0n) is 33.9. The number of unbranched alkanes of at least 4 members (excludes halogenated alkanes) is 17. The monoisotopic (exact) mass is 785 g/mol. The van der Waals surface area contributed by atoms with Crippen LogP contribution in [0, 0.1) is 0 Å². The van der Waals surface area contributed by atoms with Gasteiger partial charge in [0, 0.05) is 12.8 Å². The zero-order chi connectivity index (χ0) is 39.8. The molecule has 0 saturated carbocycles. The van der Waals surface area contributed by atoms with Crippen LogP contribution in [0.5, 0.6) is 0 Å². The molecular weight excluding hydrogens is 707 g/mol. The molecule has 0 rings (SSSR count). The second kappa shape index (κ2) is 39.2. The third-order valence-electron chi connectivity index (χ3n) is 8.75. The highest BCUT2D eigenvalue weighted by atomic mass is 31.2. The van der Waals surface area contributed by atoms with Crippen LogP contribution < -0.4 is 0 Å². The normalized spacial score (nSPS) is 14.4. The Balaban J connectivity index is 4.36. The number of allylic oxidation sites excluding steroid dienone is 8. The predicted octanol–water partition coefficient (Wildman–Crippen LogP) is 10.9. The summed E-state index contributed by atoms with van der Waals surface area (Å²) in [6, 6.07) is 0. The Labute approximate surface area is 328 Å². The Morgan fingerprint density at radius 1 is 0.574 bits per heavy atom. The van der Waals surface area contributed by atoms with E-state index in [0.717, 1.165) is 57.8 Å². The number of ether oxygens (including phenoxy) is 2. The summed E-state index contributed by atoms with van der Waals surface area (Å²) in [6.45, 7) is 2.22. The number of aliphatic hydroxyl groups is 2. The molecule has 0 saturated heterocycles. The van der Waals surface area contributed by atoms with Gasteiger partial charge in [-0.2, -0.15) is 0 Å². The van der Waals surface area contributed by atoms with Gasteiger partial charge >= 0.3 is 19.8 Å². The lowest BCUT2D eigenvalue weighted by Crippen LogP contribution is -2.29. The van der Waals surface area contributed by atoms with E-state index in [-0.39, 0.29) is 19.4 Å². The Hall–Kier alpha value is -2.07. The van der Waals surface area contributed by atoms with Crippen molar-refractivity contribution in [2.45, 2.75) is 187 Å². The summed E-state index contributed by atoms with van der Waals surface area (Å²) >= 11 is 0. The Morgan fingerprint density at radius 2 is 1.02 bits per heavy atom. The van der Waals surface area contributed by atoms with Crippen LogP contribution in [0.3, 0.4) is 0 Å². The number of phosphoric ester groups is 1. The van der Waals surface area contributed by atoms with Crippen molar-refractivity contribution < 1.29 is 47.8 Å². The second-order valence-electron chi connectivity index (χ2n) is 14.0. The zero-order valence-corrected chi connectivity index (χ0v) is 34.8. The van der Waals surface area contributed by atoms with Crippen molar-refractivity contribution in [3.8, 4) is 0 Å². The van der Waals surface area contributed by atoms with Gasteiger partial charge in [0.2, 0.25) is 0 Å². The van der Waals surface area contributed by atoms with Crippen molar-refractivity contribution in [3.05, 3.63) is 48.6 Å². The summed E-state index contributed by atoms with van der Waals surface area (Å²) in [7, 11) is -4.63. The number of carbonyl (C=O) groups excluding carboxylic acids is 2. The van der Waals surface area contributed by atoms with E-state index in [1.165, 1.54) is 77.0 Å². The molecule has 0 aromatic carbocycles. The summed E-state index contributed by atoms with van der Waals surface area (Å²) in [5.74, 6) is -0.971. The first-order valence-electron chi connectivity index (χ1n) is 21.1. The van der Waals surface area contributed by atoms with Crippen molar-refractivity contribution in [1.29, 1.82) is 0 Å². The van der Waals surface area contributed by atoms with E-state index in [4.69, 9.17) is 19.1 Å². The lowest BCUT2D eigenvalue weighted by atomic mass is 10.0. The van der Waals surface area contributed by atoms with E-state index in [1.807, 2.05) is 0 Å². The van der Waals surface area contributed by atoms with Gasteiger partial charge in [-0.1, -0.05) is 159 Å². The summed E-state index contributed by atoms with van der Waals surface area (Å²) in [5, 5.41) is 18.3. The molecule has 0 radical (unpaired) electrons. The number of esters is 2. The van der Waals surface area contributed by atoms with Crippen molar-refractivity contribution in [2.75, 3.05) is 26.4 Å². The smallest absolute Gasteiger partial charge is 0.462 e. The van der Waals surface area contributed by atoms with Gasteiger partial charge in [-0.05, 0) is 51.4 Å². The van der Waals surface area contributed by atoms with Gasteiger partial charge in [-0.25, -0.2) is 4.57 Å². The van der Waals surface area contributed by atoms with Crippen LogP contribution in [0.4, 0.5) is 0 Å². The van der Waals surface area contributed by atoms with Gasteiger partial charge in [0.05, 0.1) is 19.8 Å². The van der Waals surface area contributed by atoms with Crippen LogP contribution in [0.1, 0.15) is 174 Å². The SMILES string of the molecule is CC/C=C\C/C=C\C/C=C\C/C=C\CCCCC(=O)O[C@H](COC(=O)CCCCCCCCCCCCCCCCCC)COP(=O)(O)OC[C@@H](O)CO. The standard InChI is InChI=1S/C43H77O10P/c1-3-5-7-9-11-13-15-17-19-21-22-24-26-28-30-32-34-42(46)50-38-41(39-52-54(48,49)51-37-40(45)36-44)53-43(47)35-33-31-29-27-25-23-20-18-16-14-12-10-8-6-4-2/h6,8,12,14,18,20,25,27,40-41,44-45H,3-5,7,9-11,13,15-17,19,21-24,26,28-39H2,1-2H3,(H,48,49)/b8-6-,14-12-,20-18-,27-25-/t40-,41+/m0/s1. The summed E-state index contributed by atoms with van der Waals surface area (Å²) < 4.78 is 32.6. The van der Waals surface area contributed by atoms with Crippen molar-refractivity contribution in [2.24, 2.45) is 0 Å². The molecule has 11 heteroatoms. The highest BCUT2D eigenvalue weighted by Gasteiger charge is 2.27. The van der Waals surface area contributed by atoms with Gasteiger partial charge in [0.15, 0.2) is 6.10 Å². The van der Waals surface area contributed by atoms with Gasteiger partial charge in [-0.3, -0.25) is 18.6 Å². The van der Waals surface area contributed by atoms with Crippen LogP contribution in [0.2, 0.25) is 0 Å². The quantitative estimate of drug-likeness (QED) is 0.0238. The average molecular weight is 785 g/mol. The number of phosphoric acid groups is 1. The van der Waals surface area contributed by atoms with E-state index >= 15 is 0 Å². The Morgan fingerprint density at radius 3 is 1.54 bits per heavy atom. The first kappa shape index (κ1) is 51.9. The first-order valence-corrected chi connectivity index (χ1v) is 22.6. The van der Waals surface area contributed by atoms with Crippen LogP contribution >= 0.6 is 7.82 Å². The van der Waals surface area contributed by atoms with Crippen LogP contribution in [0.15, 0.2) is 48.6 Å². The Bertz CT molecular complexity index is 1040. The molecule has 1 unspecified atom stereocenters. The van der Waals surface area contributed by atoms with E-state index in [9.17, 15) is 24.2 Å². The van der Waals surface area contributed by atoms with E-state index in [1.54, 1.807) is 0 Å². The molecule has 0 aliphatic rings. The van der Waals surface area contributed by atoms with Crippen LogP contribution in [-0.2, 0) is 32.7 Å². The Kier molecular flexibility index (Phi) is 37.7. The lowest BCUT2D eigenvalue weighted by molar-refractivity contribution is -0.161. The molecule has 0 aliphatic carbocycles. The minimum absolute atomic E-state index is 0.132. The highest BCUT2D eigenvalue weighted by Crippen LogP contribution is 2.43. The molecule has 0 aromatic heterocycles. The maximum absolute atomic E-state index is 12.6. The molecule has 3 atom stereocenters. The molecular formula is C43H77O10P. The third-order valence-corrected chi connectivity index (χ3v) is 9.70. The first-order chi connectivity index (χ1) is 26.2. The molecule has 0 spiro atoms. The number of aliphatic hydroxyl groups excluding tert-OH is 2. The van der Waals surface area contributed by atoms with E-state index < -0.39 is 51.8 Å². The fourth-order valence-corrected chi connectivity index (χ4v) is 6.30. The summed E-state index contributed by atoms with van der Waals surface area (Å²) in [4.78, 5) is 34.9. The fraction of sp³-hybridized carbons (Fsp3) is 0.767. The number of hydrogen-bond donors (Lipinski definition) is 3. The topological polar surface area (TPSA) is 149 Å². The average Bonchev–Trinajstić information content (AvgIpc) is 3.16. The van der Waals surface area contributed by atoms with Gasteiger partial charge in [-0.15, -0.1) is 0 Å². The molecule has 3 N–H and O–H groups in total. The fourth-order valence-electron chi connectivity index (χ4n) is 5.51. The molecule has 0 aromatic rings. The van der Waals surface area contributed by atoms with Gasteiger partial charge in [0.1, 0.15) is 12.7 Å². The van der Waals surface area contributed by atoms with Crippen molar-refractivity contribution >= 4 is 19.8 Å². The number of hydrogen-bond acceptors (Lipinski definition) is 9. The maximum atomic E-state index is 12.6. The number of carbonyl (C=O) groups is 2. The molecule has 0 fully saturated rings. The minimum Gasteiger partial charge on any atom is -0.462 e. The van der Waals surface area contributed by atoms with Crippen LogP contribution in [-0.4, -0.2) is 65.7 Å². The largest absolute Gasteiger partial charge is 0.472 e. The van der Waals surface area contributed by atoms with Crippen molar-refractivity contribution in [1.82, 2.24) is 0 Å². The maximum Gasteiger partial charge on any atom is 0.472 e. The second-order valence-corrected chi connectivity index (χ2v) is 15.4. The number of rotatable bonds is 39. The minimum atomic E-state index is -4.63. The molecule has 0 heterocycles. The van der Waals surface area contributed by atoms with E-state index in [2.05, 4.69) is 67.0 Å². The van der Waals surface area contributed by atoms with Crippen LogP contribution in [0.25, 0.3) is 0 Å². The molecule has 10 nitrogen and oxygen atoms in total. The van der Waals surface area contributed by atoms with Crippen molar-refractivity contribution in [3.63, 3.8) is 0 Å². The van der Waals surface area contributed by atoms with Gasteiger partial charge in [0.25, 0.3) is 0 Å². The highest BCUT2D eigenvalue weighted by molar-refractivity contribution is 7.47. The van der Waals surface area contributed by atoms with Gasteiger partial charge < -0.3 is 24.6 Å². The predicted molar refractivity (Wildman–Crippen MR) is 219 cm³/mol. The molecule has 0 amide bonds. The third kappa shape index (κ3) is 38.2. The lowest BCUT2D eigenvalue weighted by Gasteiger charge is -2.20. The summed E-state index contributed by atoms with van der Waals surface area (Å²) in [5.41, 5.74) is 0.